The van der Waals surface area contributed by atoms with Gasteiger partial charge in [-0.3, -0.25) is 14.9 Å². The molecule has 1 heterocycles. The number of hydrogen-bond acceptors (Lipinski definition) is 5. The number of anilines is 1. The van der Waals surface area contributed by atoms with Crippen LogP contribution in [0, 0.1) is 3.57 Å². The molecule has 0 saturated carbocycles. The summed E-state index contributed by atoms with van der Waals surface area (Å²) in [7, 11) is 1.39. The number of nitrogens with one attached hydrogen (secondary N) is 1. The largest absolute Gasteiger partial charge is 0.504 e. The fourth-order valence-electron chi connectivity index (χ4n) is 2.50. The maximum Gasteiger partial charge on any atom is 0.335 e. The van der Waals surface area contributed by atoms with Gasteiger partial charge in [-0.2, -0.15) is 0 Å². The van der Waals surface area contributed by atoms with E-state index in [0.29, 0.717) is 5.02 Å². The highest BCUT2D eigenvalue weighted by atomic mass is 127. The molecule has 2 aromatic rings. The number of benzene rings is 2. The number of methoxy groups -OCH3 is 1. The number of urea groups is 1. The first-order valence-electron chi connectivity index (χ1n) is 7.55. The van der Waals surface area contributed by atoms with E-state index in [0.717, 1.165) is 8.47 Å². The molecule has 1 aliphatic heterocycles. The number of phenols is 1. The smallest absolute Gasteiger partial charge is 0.335 e. The number of carbonyl (C=O) groups excluding carboxylic acids is 3. The van der Waals surface area contributed by atoms with E-state index >= 15 is 0 Å². The number of nitrogens with zero attached hydrogens (tertiary/aromatic N) is 1. The van der Waals surface area contributed by atoms with Crippen LogP contribution in [0.15, 0.2) is 42.0 Å². The number of amides is 4. The van der Waals surface area contributed by atoms with Crippen molar-refractivity contribution in [3.05, 3.63) is 56.1 Å². The van der Waals surface area contributed by atoms with Crippen molar-refractivity contribution in [2.24, 2.45) is 0 Å². The second-order valence-electron chi connectivity index (χ2n) is 5.48. The average molecular weight is 499 g/mol. The lowest BCUT2D eigenvalue weighted by molar-refractivity contribution is -0.122. The molecule has 0 aromatic heterocycles. The predicted octanol–water partition coefficient (Wildman–Crippen LogP) is 3.33. The van der Waals surface area contributed by atoms with E-state index in [9.17, 15) is 19.5 Å². The zero-order valence-corrected chi connectivity index (χ0v) is 16.7. The minimum absolute atomic E-state index is 0.197. The van der Waals surface area contributed by atoms with Crippen LogP contribution >= 0.6 is 34.2 Å². The number of halogens is 2. The summed E-state index contributed by atoms with van der Waals surface area (Å²) in [5, 5.41) is 12.8. The normalized spacial score (nSPS) is 15.9. The Hall–Kier alpha value is -2.59. The van der Waals surface area contributed by atoms with E-state index in [2.05, 4.69) is 5.32 Å². The Labute approximate surface area is 172 Å². The van der Waals surface area contributed by atoms with E-state index in [-0.39, 0.29) is 28.3 Å². The molecule has 0 bridgehead atoms. The third-order valence-electron chi connectivity index (χ3n) is 3.78. The number of ether oxygens (including phenoxy) is 1. The topological polar surface area (TPSA) is 95.9 Å². The molecular formula is C18H12ClIN2O5. The number of imide groups is 2. The van der Waals surface area contributed by atoms with E-state index in [4.69, 9.17) is 16.3 Å². The summed E-state index contributed by atoms with van der Waals surface area (Å²) < 4.78 is 5.81. The number of barbiturate groups is 1. The van der Waals surface area contributed by atoms with Crippen LogP contribution < -0.4 is 15.0 Å². The van der Waals surface area contributed by atoms with Gasteiger partial charge in [0.25, 0.3) is 11.8 Å². The minimum Gasteiger partial charge on any atom is -0.504 e. The van der Waals surface area contributed by atoms with Gasteiger partial charge in [0.15, 0.2) is 11.5 Å². The van der Waals surface area contributed by atoms with E-state index in [1.807, 2.05) is 22.6 Å². The molecule has 0 aliphatic carbocycles. The Balaban J connectivity index is 2.07. The molecule has 0 spiro atoms. The second kappa shape index (κ2) is 7.57. The highest BCUT2D eigenvalue weighted by molar-refractivity contribution is 14.1. The Kier molecular flexibility index (Phi) is 5.38. The fourth-order valence-corrected chi connectivity index (χ4v) is 3.24. The van der Waals surface area contributed by atoms with Crippen molar-refractivity contribution >= 4 is 63.8 Å². The molecule has 0 radical (unpaired) electrons. The number of aromatic hydroxyl groups is 1. The van der Waals surface area contributed by atoms with E-state index in [1.165, 1.54) is 37.5 Å². The number of hydrogen-bond donors (Lipinski definition) is 2. The van der Waals surface area contributed by atoms with Crippen LogP contribution in [0.1, 0.15) is 5.56 Å². The lowest BCUT2D eigenvalue weighted by Gasteiger charge is -2.26. The summed E-state index contributed by atoms with van der Waals surface area (Å²) in [6.07, 6.45) is 1.22. The van der Waals surface area contributed by atoms with Gasteiger partial charge in [-0.15, -0.1) is 0 Å². The van der Waals surface area contributed by atoms with Gasteiger partial charge in [0.05, 0.1) is 12.8 Å². The first kappa shape index (κ1) is 19.2. The van der Waals surface area contributed by atoms with Crippen molar-refractivity contribution in [3.63, 3.8) is 0 Å². The number of carbonyl (C=O) groups is 3. The number of rotatable bonds is 3. The lowest BCUT2D eigenvalue weighted by Crippen LogP contribution is -2.54. The molecule has 0 atom stereocenters. The number of phenolic OH excluding ortho intramolecular Hbond substituents is 1. The Morgan fingerprint density at radius 3 is 2.48 bits per heavy atom. The summed E-state index contributed by atoms with van der Waals surface area (Å²) >= 11 is 7.85. The summed E-state index contributed by atoms with van der Waals surface area (Å²) in [5.41, 5.74) is 0.163. The van der Waals surface area contributed by atoms with Gasteiger partial charge in [-0.05, 0) is 65.1 Å². The molecule has 2 N–H and O–H groups in total. The van der Waals surface area contributed by atoms with Gasteiger partial charge in [-0.1, -0.05) is 11.6 Å². The predicted molar refractivity (Wildman–Crippen MR) is 108 cm³/mol. The molecule has 27 heavy (non-hydrogen) atoms. The van der Waals surface area contributed by atoms with Gasteiger partial charge in [0.2, 0.25) is 0 Å². The van der Waals surface area contributed by atoms with Crippen LogP contribution in [0.25, 0.3) is 6.08 Å². The van der Waals surface area contributed by atoms with Gasteiger partial charge in [0, 0.05) is 14.2 Å². The fraction of sp³-hybridized carbons (Fsp3) is 0.0556. The zero-order valence-electron chi connectivity index (χ0n) is 13.8. The summed E-state index contributed by atoms with van der Waals surface area (Å²) in [6.45, 7) is 0. The van der Waals surface area contributed by atoms with Crippen molar-refractivity contribution in [2.45, 2.75) is 0 Å². The summed E-state index contributed by atoms with van der Waals surface area (Å²) in [4.78, 5) is 38.0. The maximum atomic E-state index is 12.8. The standard InChI is InChI=1S/C18H12ClIN2O5/c1-27-14-8-11(20)6-9(15(14)23)7-13-16(24)21-18(26)22(17(13)25)12-4-2-10(19)3-5-12/h2-8,23H,1H3,(H,21,24,26)/b13-7+. The molecule has 1 aliphatic rings. The molecule has 7 nitrogen and oxygen atoms in total. The lowest BCUT2D eigenvalue weighted by atomic mass is 10.1. The molecule has 3 rings (SSSR count). The van der Waals surface area contributed by atoms with Gasteiger partial charge in [0.1, 0.15) is 5.57 Å². The van der Waals surface area contributed by atoms with Crippen LogP contribution in [0.3, 0.4) is 0 Å². The first-order chi connectivity index (χ1) is 12.8. The Bertz CT molecular complexity index is 988. The van der Waals surface area contributed by atoms with E-state index < -0.39 is 17.8 Å². The SMILES string of the molecule is COc1cc(I)cc(/C=C2\C(=O)NC(=O)N(c3ccc(Cl)cc3)C2=O)c1O. The van der Waals surface area contributed by atoms with Gasteiger partial charge in [-0.25, -0.2) is 9.69 Å². The van der Waals surface area contributed by atoms with Crippen molar-refractivity contribution in [1.29, 1.82) is 0 Å². The van der Waals surface area contributed by atoms with Crippen LogP contribution in [0.2, 0.25) is 5.02 Å². The second-order valence-corrected chi connectivity index (χ2v) is 7.16. The van der Waals surface area contributed by atoms with Crippen molar-refractivity contribution < 1.29 is 24.2 Å². The quantitative estimate of drug-likeness (QED) is 0.385. The molecule has 2 aromatic carbocycles. The van der Waals surface area contributed by atoms with Gasteiger partial charge < -0.3 is 9.84 Å². The average Bonchev–Trinajstić information content (AvgIpc) is 2.62. The highest BCUT2D eigenvalue weighted by Crippen LogP contribution is 2.34. The summed E-state index contributed by atoms with van der Waals surface area (Å²) in [6, 6.07) is 8.33. The van der Waals surface area contributed by atoms with Crippen molar-refractivity contribution in [3.8, 4) is 11.5 Å². The van der Waals surface area contributed by atoms with Crippen LogP contribution in [0.4, 0.5) is 10.5 Å². The third kappa shape index (κ3) is 3.76. The summed E-state index contributed by atoms with van der Waals surface area (Å²) in [5.74, 6) is -1.69. The minimum atomic E-state index is -0.867. The maximum absolute atomic E-state index is 12.8. The molecule has 0 unspecified atom stereocenters. The van der Waals surface area contributed by atoms with Crippen LogP contribution in [-0.2, 0) is 9.59 Å². The van der Waals surface area contributed by atoms with Crippen molar-refractivity contribution in [2.75, 3.05) is 12.0 Å². The van der Waals surface area contributed by atoms with Gasteiger partial charge >= 0.3 is 6.03 Å². The Morgan fingerprint density at radius 2 is 1.85 bits per heavy atom. The molecular weight excluding hydrogens is 487 g/mol. The Morgan fingerprint density at radius 1 is 1.19 bits per heavy atom. The van der Waals surface area contributed by atoms with Crippen LogP contribution in [-0.4, -0.2) is 30.1 Å². The third-order valence-corrected chi connectivity index (χ3v) is 4.65. The molecule has 1 fully saturated rings. The first-order valence-corrected chi connectivity index (χ1v) is 9.01. The monoisotopic (exact) mass is 498 g/mol. The highest BCUT2D eigenvalue weighted by Gasteiger charge is 2.37. The molecule has 1 saturated heterocycles. The molecule has 9 heteroatoms. The molecule has 4 amide bonds. The zero-order chi connectivity index (χ0) is 19.7. The molecule has 138 valence electrons. The van der Waals surface area contributed by atoms with Crippen LogP contribution in [0.5, 0.6) is 11.5 Å². The van der Waals surface area contributed by atoms with E-state index in [1.54, 1.807) is 12.1 Å². The van der Waals surface area contributed by atoms with Crippen molar-refractivity contribution in [1.82, 2.24) is 5.32 Å².